The Kier molecular flexibility index (Phi) is 3.55. The van der Waals surface area contributed by atoms with E-state index >= 15 is 0 Å². The van der Waals surface area contributed by atoms with Crippen molar-refractivity contribution in [3.05, 3.63) is 52.1 Å². The SMILES string of the molecule is CNCc1sc2ccccc2c1Cn1cc(Cl)cn1. The van der Waals surface area contributed by atoms with Gasteiger partial charge in [0.2, 0.25) is 0 Å². The zero-order chi connectivity index (χ0) is 13.2. The Balaban J connectivity index is 2.06. The monoisotopic (exact) mass is 291 g/mol. The molecule has 98 valence electrons. The molecule has 1 aromatic carbocycles. The molecular formula is C14H14ClN3S. The standard InChI is InChI=1S/C14H14ClN3S/c1-16-7-14-12(9-18-8-10(15)6-17-18)11-4-2-3-5-13(11)19-14/h2-6,8,16H,7,9H2,1H3. The minimum atomic E-state index is 0.676. The molecular weight excluding hydrogens is 278 g/mol. The smallest absolute Gasteiger partial charge is 0.0785 e. The Labute approximate surface area is 120 Å². The van der Waals surface area contributed by atoms with E-state index in [0.717, 1.165) is 13.1 Å². The van der Waals surface area contributed by atoms with Crippen LogP contribution in [0.15, 0.2) is 36.7 Å². The largest absolute Gasteiger partial charge is 0.315 e. The molecule has 0 aliphatic rings. The Morgan fingerprint density at radius 1 is 1.37 bits per heavy atom. The molecule has 2 aromatic heterocycles. The van der Waals surface area contributed by atoms with Crippen LogP contribution in [0.4, 0.5) is 0 Å². The van der Waals surface area contributed by atoms with Gasteiger partial charge in [-0.25, -0.2) is 0 Å². The summed E-state index contributed by atoms with van der Waals surface area (Å²) in [6.45, 7) is 1.64. The molecule has 0 saturated carbocycles. The summed E-state index contributed by atoms with van der Waals surface area (Å²) in [7, 11) is 1.97. The van der Waals surface area contributed by atoms with E-state index in [1.165, 1.54) is 20.5 Å². The van der Waals surface area contributed by atoms with Gasteiger partial charge in [0.25, 0.3) is 0 Å². The van der Waals surface area contributed by atoms with E-state index in [1.54, 1.807) is 6.20 Å². The van der Waals surface area contributed by atoms with Gasteiger partial charge in [-0.3, -0.25) is 4.68 Å². The van der Waals surface area contributed by atoms with E-state index in [-0.39, 0.29) is 0 Å². The van der Waals surface area contributed by atoms with Crippen molar-refractivity contribution in [2.45, 2.75) is 13.1 Å². The first-order valence-electron chi connectivity index (χ1n) is 6.10. The third-order valence-corrected chi connectivity index (χ3v) is 4.45. The zero-order valence-corrected chi connectivity index (χ0v) is 12.1. The molecule has 0 spiro atoms. The highest BCUT2D eigenvalue weighted by Crippen LogP contribution is 2.31. The molecule has 1 N–H and O–H groups in total. The summed E-state index contributed by atoms with van der Waals surface area (Å²) in [5.41, 5.74) is 1.33. The fourth-order valence-electron chi connectivity index (χ4n) is 2.21. The molecule has 5 heteroatoms. The lowest BCUT2D eigenvalue weighted by Gasteiger charge is -2.04. The number of aromatic nitrogens is 2. The number of benzene rings is 1. The second kappa shape index (κ2) is 5.33. The highest BCUT2D eigenvalue weighted by atomic mass is 35.5. The predicted octanol–water partition coefficient (Wildman–Crippen LogP) is 3.52. The highest BCUT2D eigenvalue weighted by molar-refractivity contribution is 7.19. The van der Waals surface area contributed by atoms with Crippen molar-refractivity contribution in [3.8, 4) is 0 Å². The van der Waals surface area contributed by atoms with Gasteiger partial charge in [-0.05, 0) is 24.1 Å². The van der Waals surface area contributed by atoms with Crippen LogP contribution >= 0.6 is 22.9 Å². The van der Waals surface area contributed by atoms with E-state index in [1.807, 2.05) is 29.3 Å². The molecule has 0 unspecified atom stereocenters. The molecule has 2 heterocycles. The minimum absolute atomic E-state index is 0.676. The lowest BCUT2D eigenvalue weighted by molar-refractivity contribution is 0.682. The average molecular weight is 292 g/mol. The summed E-state index contributed by atoms with van der Waals surface area (Å²) in [4.78, 5) is 1.36. The van der Waals surface area contributed by atoms with E-state index in [2.05, 4.69) is 34.7 Å². The van der Waals surface area contributed by atoms with E-state index < -0.39 is 0 Å². The van der Waals surface area contributed by atoms with E-state index in [0.29, 0.717) is 5.02 Å². The molecule has 3 aromatic rings. The van der Waals surface area contributed by atoms with Gasteiger partial charge in [0, 0.05) is 22.3 Å². The van der Waals surface area contributed by atoms with Crippen LogP contribution in [0.1, 0.15) is 10.4 Å². The summed E-state index contributed by atoms with van der Waals surface area (Å²) < 4.78 is 3.21. The maximum atomic E-state index is 5.93. The average Bonchev–Trinajstić information content (AvgIpc) is 2.96. The Bertz CT molecular complexity index is 702. The quantitative estimate of drug-likeness (QED) is 0.797. The summed E-state index contributed by atoms with van der Waals surface area (Å²) in [5, 5.41) is 9.48. The molecule has 3 rings (SSSR count). The maximum Gasteiger partial charge on any atom is 0.0785 e. The summed E-state index contributed by atoms with van der Waals surface area (Å²) in [6.07, 6.45) is 3.53. The van der Waals surface area contributed by atoms with Gasteiger partial charge in [0.05, 0.1) is 17.8 Å². The van der Waals surface area contributed by atoms with Crippen LogP contribution in [0.3, 0.4) is 0 Å². The predicted molar refractivity (Wildman–Crippen MR) is 80.9 cm³/mol. The second-order valence-electron chi connectivity index (χ2n) is 4.39. The van der Waals surface area contributed by atoms with E-state index in [4.69, 9.17) is 11.6 Å². The molecule has 0 fully saturated rings. The molecule has 3 nitrogen and oxygen atoms in total. The molecule has 0 amide bonds. The molecule has 0 saturated heterocycles. The topological polar surface area (TPSA) is 29.9 Å². The normalized spacial score (nSPS) is 11.3. The molecule has 0 aliphatic carbocycles. The number of rotatable bonds is 4. The zero-order valence-electron chi connectivity index (χ0n) is 10.6. The van der Waals surface area contributed by atoms with Crippen LogP contribution in [0.2, 0.25) is 5.02 Å². The summed E-state index contributed by atoms with van der Waals surface area (Å²) in [5.74, 6) is 0. The van der Waals surface area contributed by atoms with Crippen molar-refractivity contribution in [1.82, 2.24) is 15.1 Å². The van der Waals surface area contributed by atoms with Crippen LogP contribution in [-0.2, 0) is 13.1 Å². The minimum Gasteiger partial charge on any atom is -0.315 e. The van der Waals surface area contributed by atoms with Crippen LogP contribution in [-0.4, -0.2) is 16.8 Å². The third kappa shape index (κ3) is 2.52. The first kappa shape index (κ1) is 12.7. The van der Waals surface area contributed by atoms with Crippen LogP contribution in [0.25, 0.3) is 10.1 Å². The van der Waals surface area contributed by atoms with Gasteiger partial charge in [-0.2, -0.15) is 5.10 Å². The Hall–Kier alpha value is -1.36. The van der Waals surface area contributed by atoms with Gasteiger partial charge in [-0.15, -0.1) is 11.3 Å². The lowest BCUT2D eigenvalue weighted by atomic mass is 10.1. The molecule has 19 heavy (non-hydrogen) atoms. The van der Waals surface area contributed by atoms with Crippen LogP contribution < -0.4 is 5.32 Å². The van der Waals surface area contributed by atoms with Crippen molar-refractivity contribution in [2.24, 2.45) is 0 Å². The number of halogens is 1. The van der Waals surface area contributed by atoms with Gasteiger partial charge in [-0.1, -0.05) is 29.8 Å². The number of nitrogens with zero attached hydrogens (tertiary/aromatic N) is 2. The molecule has 0 bridgehead atoms. The number of hydrogen-bond donors (Lipinski definition) is 1. The number of fused-ring (bicyclic) bond motifs is 1. The molecule has 0 radical (unpaired) electrons. The van der Waals surface area contributed by atoms with Crippen molar-refractivity contribution in [3.63, 3.8) is 0 Å². The van der Waals surface area contributed by atoms with Gasteiger partial charge >= 0.3 is 0 Å². The number of hydrogen-bond acceptors (Lipinski definition) is 3. The van der Waals surface area contributed by atoms with Crippen molar-refractivity contribution >= 4 is 33.0 Å². The molecule has 0 aliphatic heterocycles. The first-order chi connectivity index (χ1) is 9.28. The van der Waals surface area contributed by atoms with Crippen LogP contribution in [0.5, 0.6) is 0 Å². The van der Waals surface area contributed by atoms with Crippen molar-refractivity contribution < 1.29 is 0 Å². The fourth-order valence-corrected chi connectivity index (χ4v) is 3.60. The lowest BCUT2D eigenvalue weighted by Crippen LogP contribution is -2.08. The fraction of sp³-hybridized carbons (Fsp3) is 0.214. The van der Waals surface area contributed by atoms with Gasteiger partial charge < -0.3 is 5.32 Å². The summed E-state index contributed by atoms with van der Waals surface area (Å²) in [6, 6.07) is 8.50. The van der Waals surface area contributed by atoms with Crippen molar-refractivity contribution in [2.75, 3.05) is 7.05 Å². The van der Waals surface area contributed by atoms with Gasteiger partial charge in [0.1, 0.15) is 0 Å². The van der Waals surface area contributed by atoms with Crippen LogP contribution in [0, 0.1) is 0 Å². The number of nitrogens with one attached hydrogen (secondary N) is 1. The summed E-state index contributed by atoms with van der Waals surface area (Å²) >= 11 is 7.76. The first-order valence-corrected chi connectivity index (χ1v) is 7.29. The third-order valence-electron chi connectivity index (χ3n) is 3.04. The Morgan fingerprint density at radius 3 is 2.95 bits per heavy atom. The number of thiophene rings is 1. The molecule has 0 atom stereocenters. The van der Waals surface area contributed by atoms with Gasteiger partial charge in [0.15, 0.2) is 0 Å². The Morgan fingerprint density at radius 2 is 2.21 bits per heavy atom. The van der Waals surface area contributed by atoms with E-state index in [9.17, 15) is 0 Å². The maximum absolute atomic E-state index is 5.93. The highest BCUT2D eigenvalue weighted by Gasteiger charge is 2.12. The van der Waals surface area contributed by atoms with Crippen molar-refractivity contribution in [1.29, 1.82) is 0 Å². The second-order valence-corrected chi connectivity index (χ2v) is 5.96.